The second-order valence-electron chi connectivity index (χ2n) is 25.6. The number of nitrogens with zero attached hydrogens (tertiary/aromatic N) is 6. The standard InChI is InChI=1S/C23H32N2O4.C18H16ClNO5.C18H18N2O5S.C16H17N3O5S/c1-7-16-13-15(3)14-17(8-2)18(16)19-20(26)24-9-11-28-12-10-25(24)21(19)29-22(27)23(4,5)6;1-3-22-17(21)11(2)23-13-5-7-14(8-6-13)24-18-20-15-9-4-12(19)10-16(15)25-18;1-25-16-5-3-2-4-15(16)18(22)20-26(23,24)14-10-6-12(7-11-14)17(21)19-13-8-9-13;1-9-10(15(20)11-8-17-19(2)16(11)21)4-5-13(25(3,22)23)14(9)12-6-7-24-18-12/h13-14H,7-12H2,1-6H3;4-11H,3H2,1-2H3;2-7,10-11,13H,8-9H2,1H3,(H,19,21)(H,20,22);4-5,8,21H,6-7H2,1-3H3. The monoisotopic (exact) mass is 1500 g/mol. The molecule has 30 heteroatoms. The van der Waals surface area contributed by atoms with E-state index in [1.165, 1.54) is 73.1 Å². The molecule has 3 aliphatic rings. The quantitative estimate of drug-likeness (QED) is 0.0471. The first kappa shape index (κ1) is 78.5. The molecular weight excluding hydrogens is 1420 g/mol. The minimum Gasteiger partial charge on any atom is -0.496 e. The van der Waals surface area contributed by atoms with Gasteiger partial charge in [0, 0.05) is 53.5 Å². The van der Waals surface area contributed by atoms with Crippen LogP contribution in [-0.4, -0.2) is 133 Å². The summed E-state index contributed by atoms with van der Waals surface area (Å²) in [6.45, 7) is 19.3. The lowest BCUT2D eigenvalue weighted by atomic mass is 9.91. The number of methoxy groups -OCH3 is 1. The first-order valence-corrected chi connectivity index (χ1v) is 37.4. The van der Waals surface area contributed by atoms with Crippen molar-refractivity contribution in [3.63, 3.8) is 0 Å². The number of aromatic nitrogens is 5. The summed E-state index contributed by atoms with van der Waals surface area (Å²) < 4.78 is 93.7. The fourth-order valence-corrected chi connectivity index (χ4v) is 13.2. The Kier molecular flexibility index (Phi) is 25.3. The average molecular weight is 1500 g/mol. The van der Waals surface area contributed by atoms with Gasteiger partial charge in [-0.1, -0.05) is 60.4 Å². The molecule has 0 spiro atoms. The number of carbonyl (C=O) groups is 5. The smallest absolute Gasteiger partial charge is 0.400 e. The van der Waals surface area contributed by atoms with E-state index < -0.39 is 49.0 Å². The van der Waals surface area contributed by atoms with Crippen LogP contribution in [0.1, 0.15) is 132 Å². The highest BCUT2D eigenvalue weighted by molar-refractivity contribution is 7.91. The van der Waals surface area contributed by atoms with E-state index in [4.69, 9.17) is 49.3 Å². The maximum Gasteiger partial charge on any atom is 0.400 e. The summed E-state index contributed by atoms with van der Waals surface area (Å²) in [4.78, 5) is 84.1. The zero-order chi connectivity index (χ0) is 76.2. The molecule has 1 atom stereocenters. The first-order valence-electron chi connectivity index (χ1n) is 33.7. The van der Waals surface area contributed by atoms with Gasteiger partial charge in [0.25, 0.3) is 27.4 Å². The summed E-state index contributed by atoms with van der Waals surface area (Å²) in [6, 6.07) is 30.9. The number of rotatable bonds is 20. The maximum absolute atomic E-state index is 13.5. The molecule has 1 saturated carbocycles. The number of fused-ring (bicyclic) bond motifs is 2. The second-order valence-corrected chi connectivity index (χ2v) is 29.7. The number of esters is 2. The Morgan fingerprint density at radius 3 is 2.03 bits per heavy atom. The molecule has 0 saturated heterocycles. The zero-order valence-corrected chi connectivity index (χ0v) is 62.5. The molecule has 6 aromatic carbocycles. The molecule has 12 rings (SSSR count). The van der Waals surface area contributed by atoms with E-state index in [0.717, 1.165) is 48.6 Å². The molecule has 556 valence electrons. The van der Waals surface area contributed by atoms with Gasteiger partial charge in [-0.3, -0.25) is 24.0 Å². The first-order chi connectivity index (χ1) is 49.8. The number of oxime groups is 1. The molecule has 0 bridgehead atoms. The number of sulfone groups is 1. The second kappa shape index (κ2) is 33.9. The number of para-hydroxylation sites is 1. The van der Waals surface area contributed by atoms with Crippen LogP contribution in [0.15, 0.2) is 146 Å². The van der Waals surface area contributed by atoms with Crippen molar-refractivity contribution >= 4 is 77.8 Å². The van der Waals surface area contributed by atoms with E-state index in [-0.39, 0.29) is 67.7 Å². The van der Waals surface area contributed by atoms with Gasteiger partial charge in [-0.2, -0.15) is 10.1 Å². The molecule has 9 aromatic rings. The molecule has 27 nitrogen and oxygen atoms in total. The third-order valence-corrected chi connectivity index (χ3v) is 19.4. The average Bonchev–Trinajstić information content (AvgIpc) is 1.58. The lowest BCUT2D eigenvalue weighted by Gasteiger charge is -2.19. The van der Waals surface area contributed by atoms with Crippen LogP contribution in [0.3, 0.4) is 0 Å². The van der Waals surface area contributed by atoms with Crippen LogP contribution in [0, 0.1) is 19.3 Å². The Balaban J connectivity index is 0.000000162. The van der Waals surface area contributed by atoms with Crippen LogP contribution in [0.25, 0.3) is 22.2 Å². The zero-order valence-electron chi connectivity index (χ0n) is 60.2. The van der Waals surface area contributed by atoms with Crippen LogP contribution in [0.4, 0.5) is 0 Å². The molecule has 0 radical (unpaired) electrons. The van der Waals surface area contributed by atoms with Crippen molar-refractivity contribution < 1.29 is 83.6 Å². The predicted octanol–water partition coefficient (Wildman–Crippen LogP) is 11.2. The maximum atomic E-state index is 13.5. The van der Waals surface area contributed by atoms with Gasteiger partial charge < -0.3 is 48.1 Å². The number of amides is 2. The van der Waals surface area contributed by atoms with Crippen LogP contribution in [-0.2, 0) is 76.7 Å². The highest BCUT2D eigenvalue weighted by atomic mass is 35.5. The summed E-state index contributed by atoms with van der Waals surface area (Å²) >= 11 is 5.91. The van der Waals surface area contributed by atoms with Gasteiger partial charge >= 0.3 is 18.0 Å². The van der Waals surface area contributed by atoms with E-state index in [9.17, 15) is 50.7 Å². The summed E-state index contributed by atoms with van der Waals surface area (Å²) in [5.41, 5.74) is 7.34. The summed E-state index contributed by atoms with van der Waals surface area (Å²) in [7, 11) is -4.68. The fourth-order valence-electron chi connectivity index (χ4n) is 11.1. The summed E-state index contributed by atoms with van der Waals surface area (Å²) in [6.07, 6.45) is 5.79. The lowest BCUT2D eigenvalue weighted by Crippen LogP contribution is -2.31. The Labute approximate surface area is 612 Å². The van der Waals surface area contributed by atoms with Crippen molar-refractivity contribution in [3.05, 3.63) is 187 Å². The van der Waals surface area contributed by atoms with Crippen molar-refractivity contribution in [2.75, 3.05) is 39.8 Å². The number of aromatic hydroxyl groups is 1. The molecule has 1 aliphatic carbocycles. The van der Waals surface area contributed by atoms with Crippen LogP contribution in [0.2, 0.25) is 5.02 Å². The topological polar surface area (TPSA) is 346 Å². The van der Waals surface area contributed by atoms with Gasteiger partial charge in [0.05, 0.1) is 72.7 Å². The van der Waals surface area contributed by atoms with Gasteiger partial charge in [0.1, 0.15) is 40.5 Å². The number of nitrogens with one attached hydrogen (secondary N) is 2. The third-order valence-electron chi connectivity index (χ3n) is 16.7. The van der Waals surface area contributed by atoms with Crippen molar-refractivity contribution in [3.8, 4) is 46.2 Å². The number of aryl methyl sites for hydroxylation is 4. The van der Waals surface area contributed by atoms with Crippen molar-refractivity contribution in [1.82, 2.24) is 34.2 Å². The van der Waals surface area contributed by atoms with Crippen molar-refractivity contribution in [1.29, 1.82) is 0 Å². The molecule has 3 N–H and O–H groups in total. The van der Waals surface area contributed by atoms with Gasteiger partial charge in [-0.05, 0) is 181 Å². The Bertz CT molecular complexity index is 5030. The van der Waals surface area contributed by atoms with Crippen molar-refractivity contribution in [2.24, 2.45) is 17.6 Å². The van der Waals surface area contributed by atoms with Gasteiger partial charge in [0.15, 0.2) is 27.3 Å². The Morgan fingerprint density at radius 1 is 0.781 bits per heavy atom. The van der Waals surface area contributed by atoms with E-state index in [2.05, 4.69) is 53.5 Å². The number of ketones is 1. The minimum atomic E-state index is -4.07. The lowest BCUT2D eigenvalue weighted by molar-refractivity contribution is -0.150. The molecule has 1 fully saturated rings. The minimum absolute atomic E-state index is 0.0493. The summed E-state index contributed by atoms with van der Waals surface area (Å²) in [5, 5.41) is 21.1. The van der Waals surface area contributed by atoms with Gasteiger partial charge in [-0.15, -0.1) is 0 Å². The SMILES string of the molecule is CCOC(=O)C(C)Oc1ccc(Oc2nc3ccc(Cl)cc3o2)cc1.CCc1cc(C)cc(CC)c1-c1c(OC(=O)C(C)(C)C)n2n(c1=O)CCOCC2.COc1ccccc1C(=O)NS(=O)(=O)c1ccc(C(=O)NC2CC2)cc1.Cc1c(C(=O)c2cnn(C)c2O)ccc(S(C)(=O)=O)c1C1=NOCC1. The number of hydrogen-bond acceptors (Lipinski definition) is 22. The van der Waals surface area contributed by atoms with Crippen molar-refractivity contribution in [2.45, 2.75) is 129 Å². The number of halogens is 1. The molecule has 1 unspecified atom stereocenters. The van der Waals surface area contributed by atoms with Crippen LogP contribution in [0.5, 0.6) is 35.1 Å². The third kappa shape index (κ3) is 19.2. The number of carbonyl (C=O) groups excluding carboxylic acids is 5. The van der Waals surface area contributed by atoms with E-state index in [0.29, 0.717) is 107 Å². The molecule has 5 heterocycles. The highest BCUT2D eigenvalue weighted by Crippen LogP contribution is 2.38. The molecule has 3 aromatic heterocycles. The Hall–Kier alpha value is -10.6. The van der Waals surface area contributed by atoms with E-state index >= 15 is 0 Å². The molecule has 105 heavy (non-hydrogen) atoms. The fraction of sp³-hybridized carbons (Fsp3) is 0.347. The van der Waals surface area contributed by atoms with E-state index in [1.54, 1.807) is 90.8 Å². The van der Waals surface area contributed by atoms with E-state index in [1.807, 2.05) is 25.5 Å². The molecule has 2 amide bonds. The van der Waals surface area contributed by atoms with Crippen LogP contribution >= 0.6 is 11.6 Å². The van der Waals surface area contributed by atoms with Gasteiger partial charge in [0.2, 0.25) is 11.8 Å². The molecule has 2 aliphatic heterocycles. The predicted molar refractivity (Wildman–Crippen MR) is 390 cm³/mol. The number of ether oxygens (including phenoxy) is 6. The number of oxazole rings is 1. The number of sulfonamides is 1. The number of hydrogen-bond donors (Lipinski definition) is 3. The molecular formula is C75H83ClN8O19S2. The van der Waals surface area contributed by atoms with Crippen LogP contribution < -0.4 is 34.5 Å². The largest absolute Gasteiger partial charge is 0.496 e. The summed E-state index contributed by atoms with van der Waals surface area (Å²) in [5.74, 6) is -0.830. The number of benzene rings is 6. The Morgan fingerprint density at radius 2 is 1.44 bits per heavy atom. The van der Waals surface area contributed by atoms with Gasteiger partial charge in [-0.25, -0.2) is 40.4 Å². The normalized spacial score (nSPS) is 13.6. The highest BCUT2D eigenvalue weighted by Gasteiger charge is 2.34.